The molecule has 0 radical (unpaired) electrons. The number of nitrogens with one attached hydrogen (secondary N) is 1. The summed E-state index contributed by atoms with van der Waals surface area (Å²) < 4.78 is 0. The van der Waals surface area contributed by atoms with Gasteiger partial charge in [0.2, 0.25) is 0 Å². The molecular formula is C27H18N2O3. The van der Waals surface area contributed by atoms with Crippen molar-refractivity contribution >= 4 is 39.2 Å². The lowest BCUT2D eigenvalue weighted by molar-refractivity contribution is 0.0696. The number of benzene rings is 4. The van der Waals surface area contributed by atoms with Crippen LogP contribution >= 0.6 is 0 Å². The molecule has 4 aromatic carbocycles. The first kappa shape index (κ1) is 19.5. The van der Waals surface area contributed by atoms with Crippen LogP contribution in [0.5, 0.6) is 0 Å². The molecule has 1 aromatic heterocycles. The number of pyridine rings is 1. The van der Waals surface area contributed by atoms with E-state index in [9.17, 15) is 9.59 Å². The van der Waals surface area contributed by atoms with Gasteiger partial charge in [0.1, 0.15) is 0 Å². The lowest BCUT2D eigenvalue weighted by atomic mass is 9.96. The third-order valence-electron chi connectivity index (χ3n) is 5.42. The second-order valence-electron chi connectivity index (χ2n) is 7.50. The van der Waals surface area contributed by atoms with E-state index < -0.39 is 5.97 Å². The Balaban J connectivity index is 1.47. The summed E-state index contributed by atoms with van der Waals surface area (Å²) in [6, 6.07) is 28.6. The molecule has 0 atom stereocenters. The normalized spacial score (nSPS) is 10.9. The maximum atomic E-state index is 13.1. The lowest BCUT2D eigenvalue weighted by Gasteiger charge is -2.12. The van der Waals surface area contributed by atoms with Gasteiger partial charge in [-0.05, 0) is 52.2 Å². The summed E-state index contributed by atoms with van der Waals surface area (Å²) in [6.45, 7) is 0. The number of nitrogens with zero attached hydrogens (tertiary/aromatic N) is 1. The van der Waals surface area contributed by atoms with E-state index in [1.165, 1.54) is 6.20 Å². The Bertz CT molecular complexity index is 1510. The van der Waals surface area contributed by atoms with Crippen molar-refractivity contribution in [1.82, 2.24) is 4.98 Å². The fourth-order valence-corrected chi connectivity index (χ4v) is 3.80. The molecule has 0 aliphatic rings. The minimum absolute atomic E-state index is 0.124. The van der Waals surface area contributed by atoms with E-state index in [1.54, 1.807) is 30.3 Å². The molecule has 2 N–H and O–H groups in total. The molecule has 0 saturated carbocycles. The molecule has 0 aliphatic heterocycles. The van der Waals surface area contributed by atoms with Crippen molar-refractivity contribution < 1.29 is 14.7 Å². The molecule has 5 heteroatoms. The predicted octanol–water partition coefficient (Wildman–Crippen LogP) is 6.01. The van der Waals surface area contributed by atoms with Gasteiger partial charge in [-0.15, -0.1) is 0 Å². The first-order chi connectivity index (χ1) is 15.6. The zero-order chi connectivity index (χ0) is 22.1. The van der Waals surface area contributed by atoms with Crippen molar-refractivity contribution in [2.24, 2.45) is 0 Å². The number of fused-ring (bicyclic) bond motifs is 2. The van der Waals surface area contributed by atoms with E-state index in [4.69, 9.17) is 5.11 Å². The van der Waals surface area contributed by atoms with Crippen molar-refractivity contribution in [3.8, 4) is 11.1 Å². The monoisotopic (exact) mass is 418 g/mol. The number of hydrogen-bond donors (Lipinski definition) is 2. The van der Waals surface area contributed by atoms with Gasteiger partial charge in [0, 0.05) is 22.8 Å². The van der Waals surface area contributed by atoms with Gasteiger partial charge in [-0.25, -0.2) is 4.79 Å². The van der Waals surface area contributed by atoms with E-state index in [0.29, 0.717) is 22.2 Å². The van der Waals surface area contributed by atoms with Crippen molar-refractivity contribution in [2.75, 3.05) is 5.32 Å². The number of carbonyl (C=O) groups is 2. The standard InChI is InChI=1S/C27H18N2O3/c30-26(29-22-12-11-20-14-21(27(31)32)16-28-25(20)15-22)24-8-4-3-7-23(24)19-10-9-17-5-1-2-6-18(17)13-19/h1-16H,(H,29,30)(H,31,32). The third kappa shape index (κ3) is 3.68. The minimum Gasteiger partial charge on any atom is -0.478 e. The molecule has 1 heterocycles. The van der Waals surface area contributed by atoms with Gasteiger partial charge in [0.05, 0.1) is 11.1 Å². The molecule has 32 heavy (non-hydrogen) atoms. The smallest absolute Gasteiger partial charge is 0.337 e. The highest BCUT2D eigenvalue weighted by molar-refractivity contribution is 6.09. The maximum absolute atomic E-state index is 13.1. The number of hydrogen-bond acceptors (Lipinski definition) is 3. The molecule has 5 rings (SSSR count). The van der Waals surface area contributed by atoms with Gasteiger partial charge in [-0.3, -0.25) is 9.78 Å². The number of aromatic carboxylic acids is 1. The van der Waals surface area contributed by atoms with Crippen LogP contribution in [0, 0.1) is 0 Å². The molecule has 0 fully saturated rings. The number of carboxylic acid groups (broad SMARTS) is 1. The summed E-state index contributed by atoms with van der Waals surface area (Å²) in [5, 5.41) is 15.0. The van der Waals surface area contributed by atoms with E-state index in [0.717, 1.165) is 21.9 Å². The van der Waals surface area contributed by atoms with Crippen LogP contribution in [0.4, 0.5) is 5.69 Å². The first-order valence-corrected chi connectivity index (χ1v) is 10.1. The fourth-order valence-electron chi connectivity index (χ4n) is 3.80. The van der Waals surface area contributed by atoms with Crippen LogP contribution in [0.15, 0.2) is 97.2 Å². The summed E-state index contributed by atoms with van der Waals surface area (Å²) in [5.41, 5.74) is 3.70. The first-order valence-electron chi connectivity index (χ1n) is 10.1. The highest BCUT2D eigenvalue weighted by atomic mass is 16.4. The number of carboxylic acids is 1. The predicted molar refractivity (Wildman–Crippen MR) is 126 cm³/mol. The molecule has 0 spiro atoms. The molecule has 0 bridgehead atoms. The summed E-state index contributed by atoms with van der Waals surface area (Å²) >= 11 is 0. The highest BCUT2D eigenvalue weighted by Gasteiger charge is 2.14. The number of anilines is 1. The number of rotatable bonds is 4. The Morgan fingerprint density at radius 3 is 2.34 bits per heavy atom. The average Bonchev–Trinajstić information content (AvgIpc) is 2.83. The molecular weight excluding hydrogens is 400 g/mol. The van der Waals surface area contributed by atoms with Crippen LogP contribution in [-0.2, 0) is 0 Å². The zero-order valence-electron chi connectivity index (χ0n) is 16.9. The fraction of sp³-hybridized carbons (Fsp3) is 0. The van der Waals surface area contributed by atoms with Gasteiger partial charge in [-0.1, -0.05) is 60.7 Å². The molecule has 0 unspecified atom stereocenters. The molecule has 154 valence electrons. The topological polar surface area (TPSA) is 79.3 Å². The second-order valence-corrected chi connectivity index (χ2v) is 7.50. The molecule has 5 nitrogen and oxygen atoms in total. The highest BCUT2D eigenvalue weighted by Crippen LogP contribution is 2.28. The SMILES string of the molecule is O=C(O)c1cnc2cc(NC(=O)c3ccccc3-c3ccc4ccccc4c3)ccc2c1. The largest absolute Gasteiger partial charge is 0.478 e. The van der Waals surface area contributed by atoms with Crippen molar-refractivity contribution in [3.05, 3.63) is 108 Å². The number of carbonyl (C=O) groups excluding carboxylic acids is 1. The number of amides is 1. The number of aromatic nitrogens is 1. The summed E-state index contributed by atoms with van der Waals surface area (Å²) in [4.78, 5) is 28.5. The van der Waals surface area contributed by atoms with Gasteiger partial charge in [-0.2, -0.15) is 0 Å². The second kappa shape index (κ2) is 7.96. The third-order valence-corrected chi connectivity index (χ3v) is 5.42. The summed E-state index contributed by atoms with van der Waals surface area (Å²) in [7, 11) is 0. The Morgan fingerprint density at radius 2 is 1.50 bits per heavy atom. The molecule has 1 amide bonds. The van der Waals surface area contributed by atoms with Crippen molar-refractivity contribution in [1.29, 1.82) is 0 Å². The Hall–Kier alpha value is -4.51. The van der Waals surface area contributed by atoms with E-state index in [-0.39, 0.29) is 11.5 Å². The van der Waals surface area contributed by atoms with Crippen LogP contribution in [0.2, 0.25) is 0 Å². The Kier molecular flexibility index (Phi) is 4.84. The molecule has 0 saturated heterocycles. The summed E-state index contributed by atoms with van der Waals surface area (Å²) in [5.74, 6) is -1.25. The lowest BCUT2D eigenvalue weighted by Crippen LogP contribution is -2.13. The van der Waals surface area contributed by atoms with Crippen LogP contribution in [-0.4, -0.2) is 22.0 Å². The van der Waals surface area contributed by atoms with Gasteiger partial charge in [0.25, 0.3) is 5.91 Å². The quantitative estimate of drug-likeness (QED) is 0.375. The van der Waals surface area contributed by atoms with Crippen molar-refractivity contribution in [3.63, 3.8) is 0 Å². The van der Waals surface area contributed by atoms with Crippen LogP contribution < -0.4 is 5.32 Å². The average molecular weight is 418 g/mol. The maximum Gasteiger partial charge on any atom is 0.337 e. The van der Waals surface area contributed by atoms with E-state index in [1.807, 2.05) is 36.4 Å². The molecule has 0 aliphatic carbocycles. The minimum atomic E-state index is -1.03. The van der Waals surface area contributed by atoms with Gasteiger partial charge in [0.15, 0.2) is 0 Å². The van der Waals surface area contributed by atoms with Gasteiger partial charge >= 0.3 is 5.97 Å². The Labute approximate surface area is 184 Å². The van der Waals surface area contributed by atoms with Crippen LogP contribution in [0.3, 0.4) is 0 Å². The summed E-state index contributed by atoms with van der Waals surface area (Å²) in [6.07, 6.45) is 1.31. The Morgan fingerprint density at radius 1 is 0.750 bits per heavy atom. The van der Waals surface area contributed by atoms with Crippen LogP contribution in [0.25, 0.3) is 32.8 Å². The zero-order valence-corrected chi connectivity index (χ0v) is 16.9. The van der Waals surface area contributed by atoms with Crippen molar-refractivity contribution in [2.45, 2.75) is 0 Å². The van der Waals surface area contributed by atoms with Gasteiger partial charge < -0.3 is 10.4 Å². The van der Waals surface area contributed by atoms with E-state index >= 15 is 0 Å². The van der Waals surface area contributed by atoms with Crippen LogP contribution in [0.1, 0.15) is 20.7 Å². The van der Waals surface area contributed by atoms with E-state index in [2.05, 4.69) is 34.6 Å². The molecule has 5 aromatic rings.